The van der Waals surface area contributed by atoms with Crippen LogP contribution < -0.4 is 0 Å². The summed E-state index contributed by atoms with van der Waals surface area (Å²) in [6.07, 6.45) is 5.98. The van der Waals surface area contributed by atoms with Crippen LogP contribution in [-0.4, -0.2) is 31.6 Å². The van der Waals surface area contributed by atoms with Gasteiger partial charge in [-0.25, -0.2) is 4.79 Å². The Morgan fingerprint density at radius 3 is 3.07 bits per heavy atom. The molecule has 0 N–H and O–H groups in total. The first-order valence-electron chi connectivity index (χ1n) is 4.96. The van der Waals surface area contributed by atoms with Crippen molar-refractivity contribution in [3.05, 3.63) is 12.2 Å². The van der Waals surface area contributed by atoms with Gasteiger partial charge in [-0.05, 0) is 25.3 Å². The molecule has 0 aromatic rings. The molecule has 4 heteroatoms. The Bertz CT molecular complexity index is 230. The molecular weight excluding hydrogens is 184 g/mol. The molecule has 1 fully saturated rings. The molecule has 0 saturated carbocycles. The number of hydrogen-bond acceptors (Lipinski definition) is 4. The Kier molecular flexibility index (Phi) is 3.16. The third kappa shape index (κ3) is 2.56. The van der Waals surface area contributed by atoms with Crippen molar-refractivity contribution < 1.29 is 19.0 Å². The minimum atomic E-state index is -0.289. The Hall–Kier alpha value is -0.870. The molecular formula is C10H14O4. The van der Waals surface area contributed by atoms with Gasteiger partial charge in [0.2, 0.25) is 0 Å². The van der Waals surface area contributed by atoms with E-state index in [4.69, 9.17) is 14.2 Å². The first-order valence-corrected chi connectivity index (χ1v) is 4.96. The predicted molar refractivity (Wildman–Crippen MR) is 48.6 cm³/mol. The molecule has 0 aliphatic carbocycles. The summed E-state index contributed by atoms with van der Waals surface area (Å²) in [7, 11) is 0. The fourth-order valence-electron chi connectivity index (χ4n) is 1.55. The zero-order chi connectivity index (χ0) is 9.80. The second-order valence-corrected chi connectivity index (χ2v) is 3.46. The van der Waals surface area contributed by atoms with E-state index >= 15 is 0 Å². The van der Waals surface area contributed by atoms with E-state index in [0.29, 0.717) is 6.61 Å². The van der Waals surface area contributed by atoms with Crippen molar-refractivity contribution in [1.29, 1.82) is 0 Å². The molecule has 0 aromatic carbocycles. The molecule has 0 spiro atoms. The summed E-state index contributed by atoms with van der Waals surface area (Å²) in [6.45, 7) is 1.16. The lowest BCUT2D eigenvalue weighted by atomic mass is 10.2. The van der Waals surface area contributed by atoms with Crippen LogP contribution in [-0.2, 0) is 19.0 Å². The monoisotopic (exact) mass is 198 g/mol. The van der Waals surface area contributed by atoms with Crippen molar-refractivity contribution in [2.45, 2.75) is 31.7 Å². The van der Waals surface area contributed by atoms with Gasteiger partial charge >= 0.3 is 5.97 Å². The van der Waals surface area contributed by atoms with Crippen LogP contribution in [0.2, 0.25) is 0 Å². The fraction of sp³-hybridized carbons (Fsp3) is 0.700. The summed E-state index contributed by atoms with van der Waals surface area (Å²) >= 11 is 0. The predicted octanol–water partition coefficient (Wildman–Crippen LogP) is 1.01. The molecule has 1 saturated heterocycles. The van der Waals surface area contributed by atoms with Gasteiger partial charge in [0.25, 0.3) is 0 Å². The third-order valence-electron chi connectivity index (χ3n) is 2.30. The molecule has 2 aliphatic rings. The smallest absolute Gasteiger partial charge is 0.331 e. The first kappa shape index (κ1) is 9.68. The Morgan fingerprint density at radius 1 is 1.50 bits per heavy atom. The number of rotatable bonds is 3. The maximum absolute atomic E-state index is 10.7. The highest BCUT2D eigenvalue weighted by Gasteiger charge is 2.20. The molecule has 2 rings (SSSR count). The molecule has 2 atom stereocenters. The number of ether oxygens (including phenoxy) is 3. The zero-order valence-electron chi connectivity index (χ0n) is 7.98. The average molecular weight is 198 g/mol. The van der Waals surface area contributed by atoms with Crippen LogP contribution in [0.3, 0.4) is 0 Å². The summed E-state index contributed by atoms with van der Waals surface area (Å²) in [6, 6.07) is 0. The topological polar surface area (TPSA) is 44.8 Å². The highest BCUT2D eigenvalue weighted by Crippen LogP contribution is 2.15. The quantitative estimate of drug-likeness (QED) is 0.635. The second-order valence-electron chi connectivity index (χ2n) is 3.46. The maximum Gasteiger partial charge on any atom is 0.331 e. The zero-order valence-corrected chi connectivity index (χ0v) is 7.98. The lowest BCUT2D eigenvalue weighted by molar-refractivity contribution is -0.177. The number of esters is 1. The minimum Gasteiger partial charge on any atom is -0.452 e. The van der Waals surface area contributed by atoms with E-state index in [9.17, 15) is 4.79 Å². The Labute approximate surface area is 82.8 Å². The number of carbonyl (C=O) groups is 1. The number of cyclic esters (lactones) is 1. The Balaban J connectivity index is 1.66. The van der Waals surface area contributed by atoms with E-state index in [0.717, 1.165) is 25.9 Å². The Morgan fingerprint density at radius 2 is 2.43 bits per heavy atom. The van der Waals surface area contributed by atoms with E-state index in [1.165, 1.54) is 6.08 Å². The van der Waals surface area contributed by atoms with E-state index < -0.39 is 0 Å². The summed E-state index contributed by atoms with van der Waals surface area (Å²) in [4.78, 5) is 10.7. The summed E-state index contributed by atoms with van der Waals surface area (Å²) in [5.74, 6) is -0.289. The van der Waals surface area contributed by atoms with Crippen LogP contribution in [0, 0.1) is 0 Å². The molecule has 78 valence electrons. The van der Waals surface area contributed by atoms with E-state index in [-0.39, 0.29) is 18.4 Å². The maximum atomic E-state index is 10.7. The van der Waals surface area contributed by atoms with Gasteiger partial charge in [0.05, 0.1) is 6.61 Å². The summed E-state index contributed by atoms with van der Waals surface area (Å²) in [5.41, 5.74) is 0. The van der Waals surface area contributed by atoms with Crippen molar-refractivity contribution in [3.63, 3.8) is 0 Å². The summed E-state index contributed by atoms with van der Waals surface area (Å²) in [5, 5.41) is 0. The van der Waals surface area contributed by atoms with Gasteiger partial charge in [0, 0.05) is 12.7 Å². The van der Waals surface area contributed by atoms with Gasteiger partial charge < -0.3 is 14.2 Å². The van der Waals surface area contributed by atoms with Gasteiger partial charge in [-0.15, -0.1) is 0 Å². The van der Waals surface area contributed by atoms with E-state index in [2.05, 4.69) is 0 Å². The molecule has 2 heterocycles. The second kappa shape index (κ2) is 4.57. The van der Waals surface area contributed by atoms with Crippen LogP contribution in [0.15, 0.2) is 12.2 Å². The molecule has 0 bridgehead atoms. The molecule has 2 aliphatic heterocycles. The van der Waals surface area contributed by atoms with Crippen LogP contribution in [0.1, 0.15) is 19.3 Å². The molecule has 14 heavy (non-hydrogen) atoms. The van der Waals surface area contributed by atoms with Crippen molar-refractivity contribution in [2.24, 2.45) is 0 Å². The normalized spacial score (nSPS) is 31.9. The molecule has 0 aromatic heterocycles. The van der Waals surface area contributed by atoms with E-state index in [1.807, 2.05) is 0 Å². The van der Waals surface area contributed by atoms with Gasteiger partial charge in [-0.2, -0.15) is 0 Å². The fourth-order valence-corrected chi connectivity index (χ4v) is 1.55. The van der Waals surface area contributed by atoms with Crippen molar-refractivity contribution in [2.75, 3.05) is 13.2 Å². The average Bonchev–Trinajstić information content (AvgIpc) is 2.63. The van der Waals surface area contributed by atoms with Crippen LogP contribution in [0.5, 0.6) is 0 Å². The minimum absolute atomic E-state index is 0.114. The summed E-state index contributed by atoms with van der Waals surface area (Å²) < 4.78 is 15.8. The van der Waals surface area contributed by atoms with Crippen molar-refractivity contribution in [1.82, 2.24) is 0 Å². The molecule has 2 unspecified atom stereocenters. The van der Waals surface area contributed by atoms with Crippen LogP contribution in [0.4, 0.5) is 0 Å². The largest absolute Gasteiger partial charge is 0.452 e. The lowest BCUT2D eigenvalue weighted by Crippen LogP contribution is -2.26. The van der Waals surface area contributed by atoms with Crippen molar-refractivity contribution >= 4 is 5.97 Å². The van der Waals surface area contributed by atoms with E-state index in [1.54, 1.807) is 6.08 Å². The van der Waals surface area contributed by atoms with Crippen LogP contribution >= 0.6 is 0 Å². The van der Waals surface area contributed by atoms with Gasteiger partial charge in [0.1, 0.15) is 6.10 Å². The van der Waals surface area contributed by atoms with Crippen LogP contribution in [0.25, 0.3) is 0 Å². The lowest BCUT2D eigenvalue weighted by Gasteiger charge is -2.23. The molecule has 0 amide bonds. The van der Waals surface area contributed by atoms with Gasteiger partial charge in [-0.3, -0.25) is 0 Å². The SMILES string of the molecule is O=C1C=CC(COC2CCCCO2)O1. The van der Waals surface area contributed by atoms with Gasteiger partial charge in [0.15, 0.2) is 6.29 Å². The highest BCUT2D eigenvalue weighted by atomic mass is 16.7. The van der Waals surface area contributed by atoms with Crippen molar-refractivity contribution in [3.8, 4) is 0 Å². The van der Waals surface area contributed by atoms with Gasteiger partial charge in [-0.1, -0.05) is 0 Å². The first-order chi connectivity index (χ1) is 6.84. The molecule has 4 nitrogen and oxygen atoms in total. The third-order valence-corrected chi connectivity index (χ3v) is 2.30. The molecule has 0 radical (unpaired) electrons. The number of hydrogen-bond donors (Lipinski definition) is 0. The highest BCUT2D eigenvalue weighted by molar-refractivity contribution is 5.84. The standard InChI is InChI=1S/C10H14O4/c11-9-5-4-8(14-9)7-13-10-3-1-2-6-12-10/h4-5,8,10H,1-3,6-7H2. The number of carbonyl (C=O) groups excluding carboxylic acids is 1.